The van der Waals surface area contributed by atoms with Crippen molar-refractivity contribution in [2.45, 2.75) is 25.7 Å². The zero-order valence-corrected chi connectivity index (χ0v) is 14.7. The van der Waals surface area contributed by atoms with Crippen LogP contribution in [0.5, 0.6) is 0 Å². The molecule has 4 atom stereocenters. The van der Waals surface area contributed by atoms with Crippen LogP contribution < -0.4 is 0 Å². The van der Waals surface area contributed by atoms with E-state index in [1.165, 1.54) is 17.0 Å². The number of nitrogens with zero attached hydrogens (tertiary/aromatic N) is 1. The summed E-state index contributed by atoms with van der Waals surface area (Å²) in [5.41, 5.74) is 0.248. The molecule has 0 N–H and O–H groups in total. The molecule has 2 aliphatic carbocycles. The third-order valence-electron chi connectivity index (χ3n) is 6.09. The number of rotatable bonds is 6. The van der Waals surface area contributed by atoms with E-state index in [1.807, 2.05) is 0 Å². The minimum atomic E-state index is -0.647. The maximum Gasteiger partial charge on any atom is 0.308 e. The normalized spacial score (nSPS) is 28.6. The van der Waals surface area contributed by atoms with Gasteiger partial charge in [0.1, 0.15) is 5.82 Å². The predicted molar refractivity (Wildman–Crippen MR) is 90.8 cm³/mol. The van der Waals surface area contributed by atoms with Crippen LogP contribution >= 0.6 is 0 Å². The monoisotopic (exact) mass is 373 g/mol. The van der Waals surface area contributed by atoms with Gasteiger partial charge in [0.05, 0.1) is 18.3 Å². The molecule has 6 nitrogen and oxygen atoms in total. The molecule has 0 spiro atoms. The maximum absolute atomic E-state index is 12.9. The van der Waals surface area contributed by atoms with Gasteiger partial charge in [-0.1, -0.05) is 0 Å². The molecule has 1 aromatic rings. The molecule has 3 fully saturated rings. The minimum Gasteiger partial charge on any atom is -0.457 e. The van der Waals surface area contributed by atoms with Gasteiger partial charge in [-0.25, -0.2) is 4.39 Å². The Labute approximate surface area is 155 Å². The summed E-state index contributed by atoms with van der Waals surface area (Å²) in [7, 11) is 0. The van der Waals surface area contributed by atoms with Crippen molar-refractivity contribution >= 4 is 23.6 Å². The van der Waals surface area contributed by atoms with E-state index in [1.54, 1.807) is 0 Å². The molecule has 7 heteroatoms. The Bertz CT molecular complexity index is 777. The summed E-state index contributed by atoms with van der Waals surface area (Å²) in [6, 6.07) is 4.95. The van der Waals surface area contributed by atoms with Crippen molar-refractivity contribution in [2.75, 3.05) is 13.2 Å². The largest absolute Gasteiger partial charge is 0.457 e. The Morgan fingerprint density at radius 2 is 1.63 bits per heavy atom. The van der Waals surface area contributed by atoms with Crippen LogP contribution in [0, 0.1) is 29.5 Å². The van der Waals surface area contributed by atoms with Crippen molar-refractivity contribution in [3.63, 3.8) is 0 Å². The molecule has 2 bridgehead atoms. The summed E-state index contributed by atoms with van der Waals surface area (Å²) >= 11 is 0. The summed E-state index contributed by atoms with van der Waals surface area (Å²) < 4.78 is 17.8. The van der Waals surface area contributed by atoms with Crippen LogP contribution in [0.3, 0.4) is 0 Å². The van der Waals surface area contributed by atoms with E-state index in [0.29, 0.717) is 11.8 Å². The highest BCUT2D eigenvalue weighted by Gasteiger charge is 2.60. The van der Waals surface area contributed by atoms with Gasteiger partial charge in [0, 0.05) is 12.1 Å². The molecule has 1 aliphatic heterocycles. The molecule has 27 heavy (non-hydrogen) atoms. The van der Waals surface area contributed by atoms with Gasteiger partial charge in [0.2, 0.25) is 11.8 Å². The first kappa shape index (κ1) is 17.8. The molecule has 142 valence electrons. The number of likely N-dealkylation sites (tertiary alicyclic amines) is 1. The molecular formula is C20H20FNO5. The van der Waals surface area contributed by atoms with Crippen LogP contribution in [-0.4, -0.2) is 41.6 Å². The smallest absolute Gasteiger partial charge is 0.308 e. The zero-order chi connectivity index (χ0) is 19.1. The van der Waals surface area contributed by atoms with Crippen LogP contribution in [-0.2, 0) is 19.1 Å². The average Bonchev–Trinajstić information content (AvgIpc) is 3.33. The Kier molecular flexibility index (Phi) is 4.53. The van der Waals surface area contributed by atoms with E-state index in [-0.39, 0.29) is 42.2 Å². The Hall–Kier alpha value is -2.57. The van der Waals surface area contributed by atoms with Gasteiger partial charge in [-0.05, 0) is 55.4 Å². The van der Waals surface area contributed by atoms with E-state index in [2.05, 4.69) is 0 Å². The highest BCUT2D eigenvalue weighted by Crippen LogP contribution is 2.56. The van der Waals surface area contributed by atoms with Crippen LogP contribution in [0.1, 0.15) is 36.0 Å². The second kappa shape index (κ2) is 6.87. The number of ketones is 1. The second-order valence-electron chi connectivity index (χ2n) is 7.55. The average molecular weight is 373 g/mol. The molecule has 0 radical (unpaired) electrons. The molecule has 3 aliphatic rings. The van der Waals surface area contributed by atoms with E-state index >= 15 is 0 Å². The van der Waals surface area contributed by atoms with Crippen LogP contribution in [0.2, 0.25) is 0 Å². The van der Waals surface area contributed by atoms with Crippen molar-refractivity contribution in [2.24, 2.45) is 23.7 Å². The molecule has 0 unspecified atom stereocenters. The van der Waals surface area contributed by atoms with Gasteiger partial charge in [-0.3, -0.25) is 24.1 Å². The first-order valence-electron chi connectivity index (χ1n) is 9.25. The predicted octanol–water partition coefficient (Wildman–Crippen LogP) is 1.97. The van der Waals surface area contributed by atoms with Crippen molar-refractivity contribution in [3.8, 4) is 0 Å². The number of hydrogen-bond acceptors (Lipinski definition) is 5. The molecular weight excluding hydrogens is 353 g/mol. The number of fused-ring (bicyclic) bond motifs is 5. The van der Waals surface area contributed by atoms with Gasteiger partial charge < -0.3 is 4.74 Å². The second-order valence-corrected chi connectivity index (χ2v) is 7.55. The van der Waals surface area contributed by atoms with Gasteiger partial charge >= 0.3 is 5.97 Å². The van der Waals surface area contributed by atoms with Crippen molar-refractivity contribution in [1.82, 2.24) is 4.90 Å². The Morgan fingerprint density at radius 1 is 1.04 bits per heavy atom. The molecule has 2 amide bonds. The van der Waals surface area contributed by atoms with Crippen LogP contribution in [0.25, 0.3) is 0 Å². The lowest BCUT2D eigenvalue weighted by Gasteiger charge is -2.19. The number of hydrogen-bond donors (Lipinski definition) is 0. The molecule has 0 aromatic heterocycles. The number of ether oxygens (including phenoxy) is 1. The zero-order valence-electron chi connectivity index (χ0n) is 14.7. The lowest BCUT2D eigenvalue weighted by molar-refractivity contribution is -0.145. The topological polar surface area (TPSA) is 80.8 Å². The van der Waals surface area contributed by atoms with Gasteiger partial charge in [0.15, 0.2) is 12.4 Å². The molecule has 1 heterocycles. The summed E-state index contributed by atoms with van der Waals surface area (Å²) in [6.45, 7) is -0.463. The number of halogens is 1. The fraction of sp³-hybridized carbons (Fsp3) is 0.500. The number of carbonyl (C=O) groups excluding carboxylic acids is 4. The Morgan fingerprint density at radius 3 is 2.22 bits per heavy atom. The van der Waals surface area contributed by atoms with E-state index < -0.39 is 24.2 Å². The lowest BCUT2D eigenvalue weighted by Crippen LogP contribution is -2.35. The third kappa shape index (κ3) is 3.15. The summed E-state index contributed by atoms with van der Waals surface area (Å²) in [5.74, 6) is -1.65. The quantitative estimate of drug-likeness (QED) is 0.433. The fourth-order valence-corrected chi connectivity index (χ4v) is 4.83. The van der Waals surface area contributed by atoms with Crippen molar-refractivity contribution in [1.29, 1.82) is 0 Å². The first-order chi connectivity index (χ1) is 13.0. The summed E-state index contributed by atoms with van der Waals surface area (Å²) in [6.07, 6.45) is 2.84. The summed E-state index contributed by atoms with van der Waals surface area (Å²) in [4.78, 5) is 50.1. The van der Waals surface area contributed by atoms with E-state index in [0.717, 1.165) is 31.4 Å². The SMILES string of the molecule is O=C(CCN1C(=O)[C@H]2[C@@H]3CC[C@H](C3)[C@@H]2C1=O)OCC(=O)c1ccc(F)cc1. The third-order valence-corrected chi connectivity index (χ3v) is 6.09. The number of imide groups is 1. The van der Waals surface area contributed by atoms with Crippen molar-refractivity contribution < 1.29 is 28.3 Å². The number of carbonyl (C=O) groups is 4. The van der Waals surface area contributed by atoms with Gasteiger partial charge in [-0.15, -0.1) is 0 Å². The maximum atomic E-state index is 12.9. The highest BCUT2D eigenvalue weighted by molar-refractivity contribution is 6.06. The van der Waals surface area contributed by atoms with E-state index in [4.69, 9.17) is 4.74 Å². The lowest BCUT2D eigenvalue weighted by atomic mass is 9.81. The number of Topliss-reactive ketones (excluding diaryl/α,β-unsaturated/α-hetero) is 1. The number of amides is 2. The number of benzene rings is 1. The summed E-state index contributed by atoms with van der Waals surface area (Å²) in [5, 5.41) is 0. The van der Waals surface area contributed by atoms with Gasteiger partial charge in [-0.2, -0.15) is 0 Å². The minimum absolute atomic E-state index is 0.00627. The standard InChI is InChI=1S/C20H20FNO5/c21-14-5-3-11(4-6-14)15(23)10-27-16(24)7-8-22-19(25)17-12-1-2-13(9-12)18(17)20(22)26/h3-6,12-13,17-18H,1-2,7-10H2/t12-,13-,17+,18+/m1/s1. The molecule has 2 saturated carbocycles. The van der Waals surface area contributed by atoms with Crippen LogP contribution in [0.15, 0.2) is 24.3 Å². The van der Waals surface area contributed by atoms with Gasteiger partial charge in [0.25, 0.3) is 0 Å². The van der Waals surface area contributed by atoms with Crippen LogP contribution in [0.4, 0.5) is 4.39 Å². The van der Waals surface area contributed by atoms with Crippen molar-refractivity contribution in [3.05, 3.63) is 35.6 Å². The molecule has 4 rings (SSSR count). The number of esters is 1. The fourth-order valence-electron chi connectivity index (χ4n) is 4.83. The molecule has 1 saturated heterocycles. The Balaban J connectivity index is 1.27. The first-order valence-corrected chi connectivity index (χ1v) is 9.25. The van der Waals surface area contributed by atoms with E-state index in [9.17, 15) is 23.6 Å². The molecule has 1 aromatic carbocycles. The highest BCUT2D eigenvalue weighted by atomic mass is 19.1.